The second-order valence-corrected chi connectivity index (χ2v) is 20.0. The molecule has 70 heavy (non-hydrogen) atoms. The van der Waals surface area contributed by atoms with E-state index in [1.807, 2.05) is 97.1 Å². The van der Waals surface area contributed by atoms with Crippen LogP contribution in [0.3, 0.4) is 0 Å². The van der Waals surface area contributed by atoms with E-state index >= 15 is 0 Å². The molecule has 1 unspecified atom stereocenters. The second-order valence-electron chi connectivity index (χ2n) is 18.0. The molecule has 3 aliphatic rings. The minimum absolute atomic E-state index is 0.124. The van der Waals surface area contributed by atoms with Gasteiger partial charge >= 0.3 is 0 Å². The summed E-state index contributed by atoms with van der Waals surface area (Å²) >= 11 is 0. The lowest BCUT2D eigenvalue weighted by molar-refractivity contribution is -0.135. The van der Waals surface area contributed by atoms with Crippen molar-refractivity contribution in [1.29, 1.82) is 0 Å². The number of likely N-dealkylation sites (N-methyl/N-ethyl adjacent to an activating group) is 1. The minimum Gasteiger partial charge on any atom is -0.492 e. The number of benzene rings is 6. The molecule has 0 spiro atoms. The van der Waals surface area contributed by atoms with Gasteiger partial charge in [-0.25, -0.2) is 8.42 Å². The van der Waals surface area contributed by atoms with E-state index in [0.717, 1.165) is 95.9 Å². The van der Waals surface area contributed by atoms with Crippen LogP contribution in [0.15, 0.2) is 132 Å². The highest BCUT2D eigenvalue weighted by molar-refractivity contribution is 7.90. The maximum Gasteiger partial charge on any atom is 0.254 e. The lowest BCUT2D eigenvalue weighted by atomic mass is 9.99. The Labute approximate surface area is 409 Å². The van der Waals surface area contributed by atoms with Crippen LogP contribution in [-0.4, -0.2) is 113 Å². The molecule has 0 radical (unpaired) electrons. The van der Waals surface area contributed by atoms with Gasteiger partial charge in [0.1, 0.15) is 36.2 Å². The van der Waals surface area contributed by atoms with Gasteiger partial charge in [-0.15, -0.1) is 0 Å². The summed E-state index contributed by atoms with van der Waals surface area (Å²) in [4.78, 5) is 44.4. The van der Waals surface area contributed by atoms with Crippen molar-refractivity contribution < 1.29 is 41.7 Å². The van der Waals surface area contributed by atoms with Gasteiger partial charge in [0.15, 0.2) is 9.84 Å². The smallest absolute Gasteiger partial charge is 0.254 e. The SMILES string of the molecule is CCN(CCOCCC1CNCCN1c1cccc2c1CN(C1CC(=O)NC(=O)C1)C2=O)CCOc1ccc(Oc2c(-c3ccc(S(C)(=O)=O)cc3)ccc3cc(OCc4ccccc4)ccc23)cc1. The van der Waals surface area contributed by atoms with Gasteiger partial charge in [-0.1, -0.05) is 61.5 Å². The number of imide groups is 1. The van der Waals surface area contributed by atoms with E-state index < -0.39 is 15.9 Å². The average molecular weight is 966 g/mol. The molecule has 0 aromatic heterocycles. The number of anilines is 1. The Morgan fingerprint density at radius 2 is 1.47 bits per heavy atom. The summed E-state index contributed by atoms with van der Waals surface area (Å²) in [6.45, 7) is 9.37. The summed E-state index contributed by atoms with van der Waals surface area (Å²) in [5.41, 5.74) is 5.34. The second kappa shape index (κ2) is 21.9. The van der Waals surface area contributed by atoms with E-state index in [1.165, 1.54) is 6.26 Å². The molecule has 0 saturated carbocycles. The molecule has 6 aromatic rings. The van der Waals surface area contributed by atoms with Crippen LogP contribution in [0.2, 0.25) is 0 Å². The van der Waals surface area contributed by atoms with Crippen LogP contribution in [0.25, 0.3) is 21.9 Å². The van der Waals surface area contributed by atoms with Gasteiger partial charge in [0.25, 0.3) is 5.91 Å². The highest BCUT2D eigenvalue weighted by Crippen LogP contribution is 2.42. The summed E-state index contributed by atoms with van der Waals surface area (Å²) < 4.78 is 49.7. The standard InChI is InChI=1S/C55H59N5O9S/c1-3-58(27-30-66-29-24-41-35-56-25-26-59(41)51-11-7-10-49-50(51)36-60(55(49)63)42-33-52(61)57-53(62)34-42)28-31-67-43-15-17-44(18-16-43)69-54-47(39-12-20-46(21-13-39)70(2,64)65)22-14-40-32-45(19-23-48(40)54)68-37-38-8-5-4-6-9-38/h4-23,32,41-42,56H,3,24-31,33-37H2,1-2H3,(H,57,61,62). The Kier molecular flexibility index (Phi) is 15.1. The molecule has 0 aliphatic carbocycles. The summed E-state index contributed by atoms with van der Waals surface area (Å²) in [5, 5.41) is 7.69. The number of fused-ring (bicyclic) bond motifs is 2. The van der Waals surface area contributed by atoms with Crippen molar-refractivity contribution in [2.24, 2.45) is 0 Å². The number of ether oxygens (including phenoxy) is 4. The van der Waals surface area contributed by atoms with Crippen molar-refractivity contribution >= 4 is 44.0 Å². The Morgan fingerprint density at radius 1 is 0.729 bits per heavy atom. The largest absolute Gasteiger partial charge is 0.492 e. The highest BCUT2D eigenvalue weighted by Gasteiger charge is 2.39. The van der Waals surface area contributed by atoms with Crippen molar-refractivity contribution in [3.05, 3.63) is 144 Å². The van der Waals surface area contributed by atoms with E-state index in [1.54, 1.807) is 29.2 Å². The summed E-state index contributed by atoms with van der Waals surface area (Å²) in [5.74, 6) is 1.91. The molecule has 14 nitrogen and oxygen atoms in total. The van der Waals surface area contributed by atoms with Crippen molar-refractivity contribution in [3.63, 3.8) is 0 Å². The molecule has 364 valence electrons. The molecule has 3 heterocycles. The van der Waals surface area contributed by atoms with Gasteiger partial charge in [0, 0.05) is 105 Å². The van der Waals surface area contributed by atoms with Gasteiger partial charge < -0.3 is 34.1 Å². The zero-order valence-corrected chi connectivity index (χ0v) is 40.4. The van der Waals surface area contributed by atoms with E-state index in [0.29, 0.717) is 50.0 Å². The van der Waals surface area contributed by atoms with Crippen molar-refractivity contribution in [1.82, 2.24) is 20.4 Å². The molecule has 0 bridgehead atoms. The third kappa shape index (κ3) is 11.5. The monoisotopic (exact) mass is 965 g/mol. The molecule has 2 saturated heterocycles. The van der Waals surface area contributed by atoms with Gasteiger partial charge in [0.2, 0.25) is 11.8 Å². The zero-order chi connectivity index (χ0) is 48.6. The number of nitrogens with one attached hydrogen (secondary N) is 2. The molecule has 3 aliphatic heterocycles. The number of hydrogen-bond acceptors (Lipinski definition) is 12. The Morgan fingerprint density at radius 3 is 2.23 bits per heavy atom. The number of carbonyl (C=O) groups is 3. The van der Waals surface area contributed by atoms with Gasteiger partial charge in [-0.3, -0.25) is 24.6 Å². The maximum absolute atomic E-state index is 13.5. The number of piperazine rings is 1. The van der Waals surface area contributed by atoms with Crippen LogP contribution in [0, 0.1) is 0 Å². The summed E-state index contributed by atoms with van der Waals surface area (Å²) in [7, 11) is -3.36. The van der Waals surface area contributed by atoms with E-state index in [-0.39, 0.29) is 41.5 Å². The van der Waals surface area contributed by atoms with Gasteiger partial charge in [-0.2, -0.15) is 0 Å². The van der Waals surface area contributed by atoms with E-state index in [4.69, 9.17) is 18.9 Å². The number of hydrogen-bond donors (Lipinski definition) is 2. The molecule has 6 aromatic carbocycles. The quantitative estimate of drug-likeness (QED) is 0.0571. The minimum atomic E-state index is -3.36. The number of sulfone groups is 1. The summed E-state index contributed by atoms with van der Waals surface area (Å²) in [6.07, 6.45) is 2.27. The number of amides is 3. The van der Waals surface area contributed by atoms with Crippen LogP contribution < -0.4 is 29.7 Å². The fraction of sp³-hybridized carbons (Fsp3) is 0.327. The Bertz CT molecular complexity index is 2920. The lowest BCUT2D eigenvalue weighted by Gasteiger charge is -2.39. The first-order valence-electron chi connectivity index (χ1n) is 24.0. The maximum atomic E-state index is 13.5. The van der Waals surface area contributed by atoms with E-state index in [2.05, 4.69) is 33.4 Å². The molecule has 2 N–H and O–H groups in total. The van der Waals surface area contributed by atoms with Crippen LogP contribution >= 0.6 is 0 Å². The predicted molar refractivity (Wildman–Crippen MR) is 269 cm³/mol. The third-order valence-electron chi connectivity index (χ3n) is 13.3. The topological polar surface area (TPSA) is 156 Å². The van der Waals surface area contributed by atoms with Crippen LogP contribution in [0.5, 0.6) is 23.0 Å². The van der Waals surface area contributed by atoms with Crippen LogP contribution in [0.4, 0.5) is 5.69 Å². The molecule has 9 rings (SSSR count). The molecular weight excluding hydrogens is 907 g/mol. The number of nitrogens with zero attached hydrogens (tertiary/aromatic N) is 3. The first-order chi connectivity index (χ1) is 34.0. The van der Waals surface area contributed by atoms with Crippen molar-refractivity contribution in [3.8, 4) is 34.1 Å². The fourth-order valence-electron chi connectivity index (χ4n) is 9.50. The molecule has 3 amide bonds. The van der Waals surface area contributed by atoms with Crippen LogP contribution in [0.1, 0.15) is 47.7 Å². The Balaban J connectivity index is 0.772. The zero-order valence-electron chi connectivity index (χ0n) is 39.6. The third-order valence-corrected chi connectivity index (χ3v) is 14.4. The number of rotatable bonds is 20. The number of carbonyl (C=O) groups excluding carboxylic acids is 3. The number of piperidine rings is 1. The predicted octanol–water partition coefficient (Wildman–Crippen LogP) is 7.63. The lowest BCUT2D eigenvalue weighted by Crippen LogP contribution is -2.52. The van der Waals surface area contributed by atoms with Crippen molar-refractivity contribution in [2.75, 3.05) is 70.2 Å². The molecular formula is C55H59N5O9S. The highest BCUT2D eigenvalue weighted by atomic mass is 32.2. The van der Waals surface area contributed by atoms with Crippen molar-refractivity contribution in [2.45, 2.75) is 56.3 Å². The molecule has 1 atom stereocenters. The van der Waals surface area contributed by atoms with Gasteiger partial charge in [-0.05, 0) is 102 Å². The average Bonchev–Trinajstić information content (AvgIpc) is 3.71. The Hall–Kier alpha value is -6.78. The first-order valence-corrected chi connectivity index (χ1v) is 25.9. The molecule has 15 heteroatoms. The molecule has 2 fully saturated rings. The first kappa shape index (κ1) is 48.3. The van der Waals surface area contributed by atoms with Crippen LogP contribution in [-0.2, 0) is 37.3 Å². The fourth-order valence-corrected chi connectivity index (χ4v) is 10.1. The summed E-state index contributed by atoms with van der Waals surface area (Å²) in [6, 6.07) is 40.0. The van der Waals surface area contributed by atoms with E-state index in [9.17, 15) is 22.8 Å². The van der Waals surface area contributed by atoms with Gasteiger partial charge in [0.05, 0.1) is 11.5 Å². The normalized spacial score (nSPS) is 16.4.